The standard InChI is InChI=1S/C18H14F5NO4/c1-27-17(25)15-11(5-20)24-12-6-28-18(26)16(12)14(15)8-2-7(21)3-9(22)13(8)10(23)4-19/h2-3,10,14,24H,4-6H2,1H3/t10-,14-/m1/s1. The fourth-order valence-corrected chi connectivity index (χ4v) is 3.40. The first-order valence-electron chi connectivity index (χ1n) is 8.07. The van der Waals surface area contributed by atoms with Crippen molar-refractivity contribution >= 4 is 11.9 Å². The largest absolute Gasteiger partial charge is 0.466 e. The van der Waals surface area contributed by atoms with Gasteiger partial charge in [-0.3, -0.25) is 0 Å². The summed E-state index contributed by atoms with van der Waals surface area (Å²) < 4.78 is 78.6. The van der Waals surface area contributed by atoms with Crippen LogP contribution in [0.1, 0.15) is 23.2 Å². The molecule has 2 heterocycles. The number of dihydropyridines is 1. The van der Waals surface area contributed by atoms with Crippen LogP contribution < -0.4 is 5.32 Å². The third kappa shape index (κ3) is 3.12. The van der Waals surface area contributed by atoms with E-state index in [2.05, 4.69) is 10.1 Å². The van der Waals surface area contributed by atoms with Gasteiger partial charge in [0.2, 0.25) is 0 Å². The fraction of sp³-hybridized carbons (Fsp3) is 0.333. The second kappa shape index (κ2) is 7.61. The highest BCUT2D eigenvalue weighted by molar-refractivity contribution is 6.01. The van der Waals surface area contributed by atoms with E-state index in [0.29, 0.717) is 12.1 Å². The monoisotopic (exact) mass is 403 g/mol. The molecule has 1 aromatic rings. The van der Waals surface area contributed by atoms with E-state index in [4.69, 9.17) is 4.74 Å². The maximum absolute atomic E-state index is 14.3. The van der Waals surface area contributed by atoms with Gasteiger partial charge in [0.1, 0.15) is 31.6 Å². The number of benzene rings is 1. The average molecular weight is 403 g/mol. The molecule has 0 amide bonds. The zero-order chi connectivity index (χ0) is 20.6. The number of hydrogen-bond acceptors (Lipinski definition) is 5. The molecular formula is C18H14F5NO4. The lowest BCUT2D eigenvalue weighted by atomic mass is 9.78. The maximum Gasteiger partial charge on any atom is 0.337 e. The molecule has 0 unspecified atom stereocenters. The van der Waals surface area contributed by atoms with E-state index < -0.39 is 65.7 Å². The van der Waals surface area contributed by atoms with E-state index >= 15 is 0 Å². The van der Waals surface area contributed by atoms with Crippen molar-refractivity contribution in [3.8, 4) is 0 Å². The first-order valence-corrected chi connectivity index (χ1v) is 8.07. The molecule has 1 N–H and O–H groups in total. The van der Waals surface area contributed by atoms with Crippen LogP contribution in [0.5, 0.6) is 0 Å². The van der Waals surface area contributed by atoms with Crippen LogP contribution in [0.15, 0.2) is 34.7 Å². The van der Waals surface area contributed by atoms with Crippen molar-refractivity contribution in [1.29, 1.82) is 0 Å². The number of esters is 2. The second-order valence-corrected chi connectivity index (χ2v) is 6.06. The molecule has 150 valence electrons. The molecule has 0 radical (unpaired) electrons. The summed E-state index contributed by atoms with van der Waals surface area (Å²) in [5.41, 5.74) is -2.42. The zero-order valence-electron chi connectivity index (χ0n) is 14.5. The minimum atomic E-state index is -2.50. The summed E-state index contributed by atoms with van der Waals surface area (Å²) >= 11 is 0. The SMILES string of the molecule is COC(=O)C1=C(CF)NC2=C(C(=O)OC2)[C@@H]1c1cc(F)cc(F)c1[C@H](F)CF. The van der Waals surface area contributed by atoms with Gasteiger partial charge in [-0.25, -0.2) is 31.5 Å². The maximum atomic E-state index is 14.3. The van der Waals surface area contributed by atoms with Crippen LogP contribution in [0.2, 0.25) is 0 Å². The molecule has 0 bridgehead atoms. The first-order chi connectivity index (χ1) is 13.3. The smallest absolute Gasteiger partial charge is 0.337 e. The number of carbonyl (C=O) groups is 2. The van der Waals surface area contributed by atoms with E-state index in [9.17, 15) is 31.5 Å². The van der Waals surface area contributed by atoms with Gasteiger partial charge in [0.15, 0.2) is 6.17 Å². The Morgan fingerprint density at radius 1 is 1.36 bits per heavy atom. The van der Waals surface area contributed by atoms with Crippen molar-refractivity contribution in [2.24, 2.45) is 0 Å². The number of ether oxygens (including phenoxy) is 2. The van der Waals surface area contributed by atoms with Crippen LogP contribution in [0.25, 0.3) is 0 Å². The zero-order valence-corrected chi connectivity index (χ0v) is 14.5. The summed E-state index contributed by atoms with van der Waals surface area (Å²) in [6, 6.07) is 1.02. The highest BCUT2D eigenvalue weighted by Gasteiger charge is 2.44. The number of rotatable bonds is 5. The number of nitrogens with one attached hydrogen (secondary N) is 1. The molecular weight excluding hydrogens is 389 g/mol. The molecule has 0 fully saturated rings. The van der Waals surface area contributed by atoms with Gasteiger partial charge < -0.3 is 14.8 Å². The summed E-state index contributed by atoms with van der Waals surface area (Å²) in [6.45, 7) is -3.16. The third-order valence-corrected chi connectivity index (χ3v) is 4.52. The molecule has 2 aliphatic rings. The molecule has 0 spiro atoms. The Balaban J connectivity index is 2.35. The van der Waals surface area contributed by atoms with Crippen LogP contribution >= 0.6 is 0 Å². The lowest BCUT2D eigenvalue weighted by molar-refractivity contribution is -0.136. The van der Waals surface area contributed by atoms with E-state index in [1.807, 2.05) is 0 Å². The van der Waals surface area contributed by atoms with E-state index in [-0.39, 0.29) is 23.6 Å². The van der Waals surface area contributed by atoms with Crippen molar-refractivity contribution in [3.05, 3.63) is 57.4 Å². The van der Waals surface area contributed by atoms with Crippen LogP contribution in [-0.2, 0) is 19.1 Å². The van der Waals surface area contributed by atoms with Gasteiger partial charge in [-0.05, 0) is 11.6 Å². The lowest BCUT2D eigenvalue weighted by Crippen LogP contribution is -2.32. The molecule has 2 atom stereocenters. The van der Waals surface area contributed by atoms with Gasteiger partial charge in [0.05, 0.1) is 35.6 Å². The Morgan fingerprint density at radius 2 is 2.07 bits per heavy atom. The Labute approximate surface area is 155 Å². The molecule has 0 aromatic heterocycles. The highest BCUT2D eigenvalue weighted by Crippen LogP contribution is 2.45. The Morgan fingerprint density at radius 3 is 2.68 bits per heavy atom. The second-order valence-electron chi connectivity index (χ2n) is 6.06. The summed E-state index contributed by atoms with van der Waals surface area (Å²) in [4.78, 5) is 24.5. The molecule has 0 aliphatic carbocycles. The van der Waals surface area contributed by atoms with Gasteiger partial charge in [-0.2, -0.15) is 0 Å². The first kappa shape index (κ1) is 19.8. The number of hydrogen-bond donors (Lipinski definition) is 1. The molecule has 0 saturated heterocycles. The predicted molar refractivity (Wildman–Crippen MR) is 85.1 cm³/mol. The van der Waals surface area contributed by atoms with Crippen LogP contribution in [0, 0.1) is 11.6 Å². The molecule has 3 rings (SSSR count). The number of carbonyl (C=O) groups excluding carboxylic acids is 2. The molecule has 0 saturated carbocycles. The number of allylic oxidation sites excluding steroid dienone is 1. The van der Waals surface area contributed by atoms with E-state index in [1.165, 1.54) is 0 Å². The van der Waals surface area contributed by atoms with Crippen molar-refractivity contribution < 1.29 is 41.0 Å². The van der Waals surface area contributed by atoms with Crippen molar-refractivity contribution in [2.45, 2.75) is 12.1 Å². The van der Waals surface area contributed by atoms with Crippen LogP contribution in [0.4, 0.5) is 22.0 Å². The third-order valence-electron chi connectivity index (χ3n) is 4.52. The molecule has 28 heavy (non-hydrogen) atoms. The summed E-state index contributed by atoms with van der Waals surface area (Å²) in [5, 5.41) is 2.53. The lowest BCUT2D eigenvalue weighted by Gasteiger charge is -2.29. The molecule has 2 aliphatic heterocycles. The van der Waals surface area contributed by atoms with Gasteiger partial charge >= 0.3 is 11.9 Å². The Hall–Kier alpha value is -2.91. The van der Waals surface area contributed by atoms with Gasteiger partial charge in [-0.1, -0.05) is 0 Å². The average Bonchev–Trinajstić information content (AvgIpc) is 3.05. The predicted octanol–water partition coefficient (Wildman–Crippen LogP) is 2.84. The normalized spacial score (nSPS) is 19.9. The number of cyclic esters (lactones) is 1. The van der Waals surface area contributed by atoms with Crippen molar-refractivity contribution in [1.82, 2.24) is 5.32 Å². The molecule has 10 heteroatoms. The number of methoxy groups -OCH3 is 1. The topological polar surface area (TPSA) is 64.6 Å². The van der Waals surface area contributed by atoms with Crippen molar-refractivity contribution in [2.75, 3.05) is 27.1 Å². The van der Waals surface area contributed by atoms with E-state index in [1.54, 1.807) is 0 Å². The summed E-state index contributed by atoms with van der Waals surface area (Å²) in [7, 11) is 0.978. The summed E-state index contributed by atoms with van der Waals surface area (Å²) in [6.07, 6.45) is -2.50. The molecule has 5 nitrogen and oxygen atoms in total. The quantitative estimate of drug-likeness (QED) is 0.605. The van der Waals surface area contributed by atoms with Gasteiger partial charge in [0.25, 0.3) is 0 Å². The minimum absolute atomic E-state index is 0.0570. The van der Waals surface area contributed by atoms with Crippen LogP contribution in [0.3, 0.4) is 0 Å². The summed E-state index contributed by atoms with van der Waals surface area (Å²) in [5.74, 6) is -6.21. The van der Waals surface area contributed by atoms with Gasteiger partial charge in [-0.15, -0.1) is 0 Å². The van der Waals surface area contributed by atoms with Crippen molar-refractivity contribution in [3.63, 3.8) is 0 Å². The Kier molecular flexibility index (Phi) is 5.39. The fourth-order valence-electron chi connectivity index (χ4n) is 3.40. The van der Waals surface area contributed by atoms with E-state index in [0.717, 1.165) is 7.11 Å². The van der Waals surface area contributed by atoms with Gasteiger partial charge in [0, 0.05) is 11.6 Å². The number of alkyl halides is 3. The molecule has 1 aromatic carbocycles. The highest BCUT2D eigenvalue weighted by atomic mass is 19.2. The Bertz CT molecular complexity index is 911. The van der Waals surface area contributed by atoms with Crippen LogP contribution in [-0.4, -0.2) is 39.0 Å². The minimum Gasteiger partial charge on any atom is -0.466 e. The number of halogens is 5.